The van der Waals surface area contributed by atoms with E-state index in [2.05, 4.69) is 10.1 Å². The number of hydrogen-bond donors (Lipinski definition) is 3. The minimum atomic E-state index is -3.86. The third-order valence-corrected chi connectivity index (χ3v) is 3.21. The van der Waals surface area contributed by atoms with Gasteiger partial charge in [-0.1, -0.05) is 6.07 Å². The molecule has 0 fully saturated rings. The second-order valence-electron chi connectivity index (χ2n) is 3.52. The Bertz CT molecular complexity index is 542. The molecule has 0 aliphatic rings. The summed E-state index contributed by atoms with van der Waals surface area (Å²) in [5, 5.41) is 7.86. The van der Waals surface area contributed by atoms with Gasteiger partial charge < -0.3 is 15.8 Å². The van der Waals surface area contributed by atoms with E-state index in [1.807, 2.05) is 0 Å². The van der Waals surface area contributed by atoms with Gasteiger partial charge in [-0.3, -0.25) is 4.79 Å². The fraction of sp³-hybridized carbons (Fsp3) is 0.300. The second-order valence-corrected chi connectivity index (χ2v) is 5.05. The number of ether oxygens (including phenoxy) is 1. The highest BCUT2D eigenvalue weighted by Gasteiger charge is 2.14. The SMILES string of the molecule is COC(=O)CCNc1cccc(S(N)(=O)=O)c1N. The average molecular weight is 273 g/mol. The Morgan fingerprint density at radius 1 is 1.44 bits per heavy atom. The van der Waals surface area contributed by atoms with Crippen molar-refractivity contribution in [1.82, 2.24) is 0 Å². The highest BCUT2D eigenvalue weighted by Crippen LogP contribution is 2.25. The van der Waals surface area contributed by atoms with Crippen LogP contribution in [0.5, 0.6) is 0 Å². The summed E-state index contributed by atoms with van der Waals surface area (Å²) in [6.45, 7) is 0.283. The predicted molar refractivity (Wildman–Crippen MR) is 67.4 cm³/mol. The number of methoxy groups -OCH3 is 1. The fourth-order valence-electron chi connectivity index (χ4n) is 1.35. The van der Waals surface area contributed by atoms with Crippen molar-refractivity contribution in [3.63, 3.8) is 0 Å². The molecule has 0 heterocycles. The number of para-hydroxylation sites is 1. The van der Waals surface area contributed by atoms with Gasteiger partial charge in [0, 0.05) is 6.54 Å². The zero-order chi connectivity index (χ0) is 13.8. The van der Waals surface area contributed by atoms with E-state index in [-0.39, 0.29) is 29.5 Å². The van der Waals surface area contributed by atoms with Gasteiger partial charge in [-0.2, -0.15) is 0 Å². The molecule has 0 aliphatic heterocycles. The van der Waals surface area contributed by atoms with Gasteiger partial charge in [0.2, 0.25) is 10.0 Å². The first-order valence-corrected chi connectivity index (χ1v) is 6.63. The van der Waals surface area contributed by atoms with Crippen LogP contribution >= 0.6 is 0 Å². The number of primary sulfonamides is 1. The summed E-state index contributed by atoms with van der Waals surface area (Å²) in [4.78, 5) is 10.8. The largest absolute Gasteiger partial charge is 0.469 e. The number of carbonyl (C=O) groups excluding carboxylic acids is 1. The molecule has 0 aliphatic carbocycles. The minimum absolute atomic E-state index is 0.0323. The molecule has 1 aromatic rings. The van der Waals surface area contributed by atoms with E-state index >= 15 is 0 Å². The van der Waals surface area contributed by atoms with E-state index in [0.29, 0.717) is 5.69 Å². The van der Waals surface area contributed by atoms with Crippen molar-refractivity contribution in [2.75, 3.05) is 24.7 Å². The van der Waals surface area contributed by atoms with E-state index < -0.39 is 10.0 Å². The fourth-order valence-corrected chi connectivity index (χ4v) is 2.03. The Kier molecular flexibility index (Phi) is 4.51. The number of nitrogens with two attached hydrogens (primary N) is 2. The monoisotopic (exact) mass is 273 g/mol. The maximum atomic E-state index is 11.2. The van der Waals surface area contributed by atoms with Gasteiger partial charge in [0.15, 0.2) is 0 Å². The topological polar surface area (TPSA) is 125 Å². The molecule has 5 N–H and O–H groups in total. The predicted octanol–water partition coefficient (Wildman–Crippen LogP) is -0.109. The number of nitrogen functional groups attached to an aromatic ring is 1. The molecule has 8 heteroatoms. The van der Waals surface area contributed by atoms with E-state index in [1.54, 1.807) is 6.07 Å². The van der Waals surface area contributed by atoms with Crippen molar-refractivity contribution in [3.05, 3.63) is 18.2 Å². The molecule has 1 aromatic carbocycles. The first-order chi connectivity index (χ1) is 8.36. The van der Waals surface area contributed by atoms with Crippen LogP contribution in [0.2, 0.25) is 0 Å². The maximum absolute atomic E-state index is 11.2. The Morgan fingerprint density at radius 3 is 2.67 bits per heavy atom. The van der Waals surface area contributed by atoms with Crippen LogP contribution in [0.4, 0.5) is 11.4 Å². The number of anilines is 2. The molecule has 0 unspecified atom stereocenters. The Labute approximate surface area is 105 Å². The summed E-state index contributed by atoms with van der Waals surface area (Å²) in [6.07, 6.45) is 0.148. The quantitative estimate of drug-likeness (QED) is 0.508. The van der Waals surface area contributed by atoms with Crippen LogP contribution in [0.25, 0.3) is 0 Å². The van der Waals surface area contributed by atoms with Crippen molar-refractivity contribution >= 4 is 27.4 Å². The van der Waals surface area contributed by atoms with Crippen molar-refractivity contribution in [3.8, 4) is 0 Å². The summed E-state index contributed by atoms with van der Waals surface area (Å²) < 4.78 is 26.9. The van der Waals surface area contributed by atoms with Crippen LogP contribution < -0.4 is 16.2 Å². The summed E-state index contributed by atoms with van der Waals surface area (Å²) in [6, 6.07) is 4.42. The lowest BCUT2D eigenvalue weighted by Crippen LogP contribution is -2.16. The van der Waals surface area contributed by atoms with Crippen molar-refractivity contribution in [2.24, 2.45) is 5.14 Å². The van der Waals surface area contributed by atoms with E-state index in [9.17, 15) is 13.2 Å². The molecule has 0 saturated heterocycles. The number of nitrogens with one attached hydrogen (secondary N) is 1. The van der Waals surface area contributed by atoms with Crippen molar-refractivity contribution in [1.29, 1.82) is 0 Å². The lowest BCUT2D eigenvalue weighted by atomic mass is 10.2. The van der Waals surface area contributed by atoms with Gasteiger partial charge in [0.1, 0.15) is 4.90 Å². The van der Waals surface area contributed by atoms with E-state index in [4.69, 9.17) is 10.9 Å². The normalized spacial score (nSPS) is 11.0. The number of carbonyl (C=O) groups is 1. The Hall–Kier alpha value is -1.80. The van der Waals surface area contributed by atoms with Crippen molar-refractivity contribution < 1.29 is 17.9 Å². The zero-order valence-electron chi connectivity index (χ0n) is 9.84. The van der Waals surface area contributed by atoms with Gasteiger partial charge in [-0.15, -0.1) is 0 Å². The molecule has 0 spiro atoms. The Balaban J connectivity index is 2.82. The molecule has 100 valence electrons. The molecule has 0 atom stereocenters. The molecule has 0 radical (unpaired) electrons. The summed E-state index contributed by atoms with van der Waals surface area (Å²) in [5.74, 6) is -0.372. The summed E-state index contributed by atoms with van der Waals surface area (Å²) in [7, 11) is -2.57. The molecular formula is C10H15N3O4S. The van der Waals surface area contributed by atoms with Crippen LogP contribution in [0.15, 0.2) is 23.1 Å². The number of hydrogen-bond acceptors (Lipinski definition) is 6. The van der Waals surface area contributed by atoms with Gasteiger partial charge in [0.05, 0.1) is 24.9 Å². The molecule has 0 bridgehead atoms. The second kappa shape index (κ2) is 5.69. The van der Waals surface area contributed by atoms with Crippen LogP contribution in [0.3, 0.4) is 0 Å². The van der Waals surface area contributed by atoms with Crippen molar-refractivity contribution in [2.45, 2.75) is 11.3 Å². The van der Waals surface area contributed by atoms with E-state index in [0.717, 1.165) is 0 Å². The standard InChI is InChI=1S/C10H15N3O4S/c1-17-9(14)5-6-13-7-3-2-4-8(10(7)11)18(12,15)16/h2-4,13H,5-6,11H2,1H3,(H2,12,15,16). The number of sulfonamides is 1. The number of rotatable bonds is 5. The third kappa shape index (κ3) is 3.60. The first-order valence-electron chi connectivity index (χ1n) is 5.08. The lowest BCUT2D eigenvalue weighted by Gasteiger charge is -2.11. The minimum Gasteiger partial charge on any atom is -0.469 e. The lowest BCUT2D eigenvalue weighted by molar-refractivity contribution is -0.140. The average Bonchev–Trinajstić information content (AvgIpc) is 2.29. The smallest absolute Gasteiger partial charge is 0.307 e. The molecule has 7 nitrogen and oxygen atoms in total. The van der Waals surface area contributed by atoms with Gasteiger partial charge >= 0.3 is 5.97 Å². The van der Waals surface area contributed by atoms with Gasteiger partial charge in [-0.05, 0) is 12.1 Å². The maximum Gasteiger partial charge on any atom is 0.307 e. The Morgan fingerprint density at radius 2 is 2.11 bits per heavy atom. The van der Waals surface area contributed by atoms with Crippen LogP contribution in [0, 0.1) is 0 Å². The van der Waals surface area contributed by atoms with Crippen LogP contribution in [-0.2, 0) is 19.6 Å². The molecule has 18 heavy (non-hydrogen) atoms. The van der Waals surface area contributed by atoms with Crippen LogP contribution in [0.1, 0.15) is 6.42 Å². The molecule has 0 amide bonds. The van der Waals surface area contributed by atoms with Gasteiger partial charge in [-0.25, -0.2) is 13.6 Å². The molecule has 0 aromatic heterocycles. The molecular weight excluding hydrogens is 258 g/mol. The number of benzene rings is 1. The molecule has 0 saturated carbocycles. The third-order valence-electron chi connectivity index (χ3n) is 2.24. The van der Waals surface area contributed by atoms with Crippen LogP contribution in [-0.4, -0.2) is 28.0 Å². The number of esters is 1. The molecule has 1 rings (SSSR count). The first kappa shape index (κ1) is 14.3. The van der Waals surface area contributed by atoms with Gasteiger partial charge in [0.25, 0.3) is 0 Å². The summed E-state index contributed by atoms with van der Waals surface area (Å²) >= 11 is 0. The van der Waals surface area contributed by atoms with E-state index in [1.165, 1.54) is 19.2 Å². The zero-order valence-corrected chi connectivity index (χ0v) is 10.7. The highest BCUT2D eigenvalue weighted by atomic mass is 32.2. The highest BCUT2D eigenvalue weighted by molar-refractivity contribution is 7.89. The summed E-state index contributed by atoms with van der Waals surface area (Å²) in [5.41, 5.74) is 6.12.